The fraction of sp³-hybridized carbons (Fsp3) is 0.160. The van der Waals surface area contributed by atoms with E-state index in [1.54, 1.807) is 13.2 Å². The molecule has 3 aromatic carbocycles. The second kappa shape index (κ2) is 10.2. The first-order valence-corrected chi connectivity index (χ1v) is 11.1. The average molecular weight is 445 g/mol. The summed E-state index contributed by atoms with van der Waals surface area (Å²) in [5, 5.41) is 11.8. The fourth-order valence-corrected chi connectivity index (χ4v) is 4.39. The van der Waals surface area contributed by atoms with Gasteiger partial charge in [0.05, 0.1) is 13.7 Å². The van der Waals surface area contributed by atoms with Crippen LogP contribution in [0.15, 0.2) is 90.1 Å². The Hall–Kier alpha value is -3.58. The molecule has 0 radical (unpaired) electrons. The van der Waals surface area contributed by atoms with Crippen LogP contribution >= 0.6 is 11.8 Å². The highest BCUT2D eigenvalue weighted by atomic mass is 32.2. The summed E-state index contributed by atoms with van der Waals surface area (Å²) in [5.74, 6) is 1.35. The maximum Gasteiger partial charge on any atom is 0.242 e. The van der Waals surface area contributed by atoms with Gasteiger partial charge in [0.15, 0.2) is 5.16 Å². The van der Waals surface area contributed by atoms with E-state index in [1.807, 2.05) is 78.2 Å². The minimum Gasteiger partial charge on any atom is -0.497 e. The Morgan fingerprint density at radius 2 is 1.72 bits per heavy atom. The lowest BCUT2D eigenvalue weighted by molar-refractivity contribution is -0.115. The van der Waals surface area contributed by atoms with Crippen LogP contribution in [0.1, 0.15) is 22.2 Å². The van der Waals surface area contributed by atoms with E-state index in [-0.39, 0.29) is 5.91 Å². The molecule has 1 aromatic heterocycles. The average Bonchev–Trinajstić information content (AvgIpc) is 3.17. The highest BCUT2D eigenvalue weighted by molar-refractivity contribution is 8.00. The van der Waals surface area contributed by atoms with Crippen LogP contribution in [0, 0.1) is 6.92 Å². The molecule has 0 aliphatic carbocycles. The van der Waals surface area contributed by atoms with Gasteiger partial charge in [0.25, 0.3) is 0 Å². The number of nitrogens with one attached hydrogen (secondary N) is 1. The first kappa shape index (κ1) is 21.6. The van der Waals surface area contributed by atoms with E-state index >= 15 is 0 Å². The van der Waals surface area contributed by atoms with Gasteiger partial charge in [-0.15, -0.1) is 10.2 Å². The first-order chi connectivity index (χ1) is 15.6. The second-order valence-electron chi connectivity index (χ2n) is 7.23. The molecule has 0 aliphatic heterocycles. The molecule has 0 spiro atoms. The summed E-state index contributed by atoms with van der Waals surface area (Å²) in [6, 6.07) is 27.2. The van der Waals surface area contributed by atoms with Gasteiger partial charge in [-0.2, -0.15) is 0 Å². The van der Waals surface area contributed by atoms with Crippen molar-refractivity contribution >= 4 is 23.4 Å². The number of rotatable bonds is 8. The molecule has 0 bridgehead atoms. The number of methoxy groups -OCH3 is 1. The highest BCUT2D eigenvalue weighted by Gasteiger charge is 2.25. The van der Waals surface area contributed by atoms with Crippen LogP contribution in [0.5, 0.6) is 5.75 Å². The van der Waals surface area contributed by atoms with Crippen molar-refractivity contribution in [2.45, 2.75) is 23.9 Å². The molecule has 0 aliphatic rings. The van der Waals surface area contributed by atoms with Crippen LogP contribution in [0.25, 0.3) is 0 Å². The van der Waals surface area contributed by atoms with Crippen molar-refractivity contribution in [2.24, 2.45) is 0 Å². The number of ether oxygens (including phenoxy) is 1. The third-order valence-corrected chi connectivity index (χ3v) is 6.22. The van der Waals surface area contributed by atoms with E-state index in [2.05, 4.69) is 27.6 Å². The van der Waals surface area contributed by atoms with E-state index in [0.717, 1.165) is 17.0 Å². The molecule has 1 amide bonds. The summed E-state index contributed by atoms with van der Waals surface area (Å²) in [6.07, 6.45) is 0. The maximum atomic E-state index is 13.4. The lowest BCUT2D eigenvalue weighted by Gasteiger charge is -2.18. The van der Waals surface area contributed by atoms with Crippen molar-refractivity contribution in [1.29, 1.82) is 0 Å². The van der Waals surface area contributed by atoms with Crippen LogP contribution in [0.2, 0.25) is 0 Å². The number of aryl methyl sites for hydroxylation is 1. The number of amides is 1. The van der Waals surface area contributed by atoms with E-state index in [1.165, 1.54) is 11.8 Å². The summed E-state index contributed by atoms with van der Waals surface area (Å²) in [5.41, 5.74) is 2.72. The number of thioether (sulfide) groups is 1. The molecule has 1 heterocycles. The number of benzene rings is 3. The Bertz CT molecular complexity index is 1180. The molecule has 32 heavy (non-hydrogen) atoms. The number of carbonyl (C=O) groups excluding carboxylic acids is 1. The third kappa shape index (κ3) is 5.18. The number of hydrogen-bond donors (Lipinski definition) is 1. The Labute approximate surface area is 191 Å². The lowest BCUT2D eigenvalue weighted by atomic mass is 10.1. The van der Waals surface area contributed by atoms with Crippen molar-refractivity contribution in [3.05, 3.63) is 102 Å². The zero-order valence-electron chi connectivity index (χ0n) is 17.9. The summed E-state index contributed by atoms with van der Waals surface area (Å²) >= 11 is 1.39. The number of anilines is 1. The van der Waals surface area contributed by atoms with Crippen molar-refractivity contribution in [3.8, 4) is 5.75 Å². The first-order valence-electron chi connectivity index (χ1n) is 10.2. The van der Waals surface area contributed by atoms with Crippen molar-refractivity contribution in [1.82, 2.24) is 14.8 Å². The fourth-order valence-electron chi connectivity index (χ4n) is 3.31. The SMILES string of the molecule is COc1cccc(NC(=O)[C@@H](Sc2nnc(C)n2Cc2ccccc2)c2ccccc2)c1. The van der Waals surface area contributed by atoms with Gasteiger partial charge in [-0.25, -0.2) is 0 Å². The van der Waals surface area contributed by atoms with E-state index < -0.39 is 5.25 Å². The van der Waals surface area contributed by atoms with Gasteiger partial charge in [-0.3, -0.25) is 4.79 Å². The smallest absolute Gasteiger partial charge is 0.242 e. The molecule has 0 fully saturated rings. The second-order valence-corrected chi connectivity index (χ2v) is 8.30. The molecule has 4 aromatic rings. The molecular weight excluding hydrogens is 420 g/mol. The van der Waals surface area contributed by atoms with Gasteiger partial charge >= 0.3 is 0 Å². The minimum absolute atomic E-state index is 0.138. The van der Waals surface area contributed by atoms with Gasteiger partial charge in [0.2, 0.25) is 5.91 Å². The van der Waals surface area contributed by atoms with Crippen LogP contribution < -0.4 is 10.1 Å². The van der Waals surface area contributed by atoms with Gasteiger partial charge < -0.3 is 14.6 Å². The molecule has 0 saturated carbocycles. The number of nitrogens with zero attached hydrogens (tertiary/aromatic N) is 3. The topological polar surface area (TPSA) is 69.0 Å². The Balaban J connectivity index is 1.62. The summed E-state index contributed by atoms with van der Waals surface area (Å²) in [7, 11) is 1.60. The number of carbonyl (C=O) groups is 1. The molecular formula is C25H24N4O2S. The van der Waals surface area contributed by atoms with Crippen molar-refractivity contribution in [2.75, 3.05) is 12.4 Å². The minimum atomic E-state index is -0.500. The molecule has 1 atom stereocenters. The zero-order valence-corrected chi connectivity index (χ0v) is 18.8. The Morgan fingerprint density at radius 1 is 1.00 bits per heavy atom. The number of hydrogen-bond acceptors (Lipinski definition) is 5. The van der Waals surface area contributed by atoms with Gasteiger partial charge in [-0.05, 0) is 30.2 Å². The van der Waals surface area contributed by atoms with Gasteiger partial charge in [0, 0.05) is 11.8 Å². The molecule has 6 nitrogen and oxygen atoms in total. The highest BCUT2D eigenvalue weighted by Crippen LogP contribution is 2.36. The Morgan fingerprint density at radius 3 is 2.44 bits per heavy atom. The number of aromatic nitrogens is 3. The van der Waals surface area contributed by atoms with Crippen molar-refractivity contribution in [3.63, 3.8) is 0 Å². The summed E-state index contributed by atoms with van der Waals surface area (Å²) < 4.78 is 7.31. The molecule has 162 valence electrons. The zero-order chi connectivity index (χ0) is 22.3. The standard InChI is InChI=1S/C25H24N4O2S/c1-18-27-28-25(29(18)17-19-10-5-3-6-11-19)32-23(20-12-7-4-8-13-20)24(30)26-21-14-9-15-22(16-21)31-2/h3-16,23H,17H2,1-2H3,(H,26,30)/t23-/m0/s1. The predicted octanol–water partition coefficient (Wildman–Crippen LogP) is 5.12. The Kier molecular flexibility index (Phi) is 6.87. The van der Waals surface area contributed by atoms with E-state index in [4.69, 9.17) is 4.74 Å². The lowest BCUT2D eigenvalue weighted by Crippen LogP contribution is -2.19. The quantitative estimate of drug-likeness (QED) is 0.382. The monoisotopic (exact) mass is 444 g/mol. The molecule has 0 unspecified atom stereocenters. The largest absolute Gasteiger partial charge is 0.497 e. The molecule has 0 saturated heterocycles. The predicted molar refractivity (Wildman–Crippen MR) is 127 cm³/mol. The van der Waals surface area contributed by atoms with Crippen LogP contribution in [0.4, 0.5) is 5.69 Å². The summed E-state index contributed by atoms with van der Waals surface area (Å²) in [6.45, 7) is 2.56. The van der Waals surface area contributed by atoms with Gasteiger partial charge in [-0.1, -0.05) is 78.5 Å². The van der Waals surface area contributed by atoms with Gasteiger partial charge in [0.1, 0.15) is 16.8 Å². The maximum absolute atomic E-state index is 13.4. The van der Waals surface area contributed by atoms with E-state index in [9.17, 15) is 4.79 Å². The van der Waals surface area contributed by atoms with E-state index in [0.29, 0.717) is 23.1 Å². The molecule has 1 N–H and O–H groups in total. The normalized spacial score (nSPS) is 11.7. The molecule has 4 rings (SSSR count). The van der Waals surface area contributed by atoms with Crippen molar-refractivity contribution < 1.29 is 9.53 Å². The molecule has 7 heteroatoms. The third-order valence-electron chi connectivity index (χ3n) is 4.99. The van der Waals surface area contributed by atoms with Crippen LogP contribution in [-0.4, -0.2) is 27.8 Å². The van der Waals surface area contributed by atoms with Crippen LogP contribution in [0.3, 0.4) is 0 Å². The summed E-state index contributed by atoms with van der Waals surface area (Å²) in [4.78, 5) is 13.4. The van der Waals surface area contributed by atoms with Crippen LogP contribution in [-0.2, 0) is 11.3 Å².